The first kappa shape index (κ1) is 31.4. The number of fused-ring (bicyclic) bond motifs is 1. The number of nitrogens with one attached hydrogen (secondary N) is 3. The molecule has 12 nitrogen and oxygen atoms in total. The molecule has 240 valence electrons. The molecular formula is C32H41BN4O8. The van der Waals surface area contributed by atoms with Gasteiger partial charge >= 0.3 is 7.12 Å². The van der Waals surface area contributed by atoms with Crippen LogP contribution < -0.4 is 16.0 Å². The third-order valence-electron chi connectivity index (χ3n) is 10.8. The Hall–Kier alpha value is -3.58. The lowest BCUT2D eigenvalue weighted by Gasteiger charge is -2.64. The van der Waals surface area contributed by atoms with Crippen LogP contribution in [0.4, 0.5) is 0 Å². The highest BCUT2D eigenvalue weighted by Gasteiger charge is 2.68. The minimum absolute atomic E-state index is 0.00744. The van der Waals surface area contributed by atoms with E-state index in [0.29, 0.717) is 18.3 Å². The first-order valence-corrected chi connectivity index (χ1v) is 15.9. The zero-order chi connectivity index (χ0) is 32.6. The molecule has 3 aliphatic carbocycles. The maximum absolute atomic E-state index is 13.4. The predicted octanol–water partition coefficient (Wildman–Crippen LogP) is 2.00. The van der Waals surface area contributed by atoms with E-state index in [9.17, 15) is 28.8 Å². The highest BCUT2D eigenvalue weighted by atomic mass is 16.7. The summed E-state index contributed by atoms with van der Waals surface area (Å²) in [6.45, 7) is 12.4. The van der Waals surface area contributed by atoms with Gasteiger partial charge in [0.05, 0.1) is 28.8 Å². The highest BCUT2D eigenvalue weighted by Crippen LogP contribution is 2.65. The lowest BCUT2D eigenvalue weighted by Crippen LogP contribution is -2.65. The highest BCUT2D eigenvalue weighted by molar-refractivity contribution is 6.48. The largest absolute Gasteiger partial charge is 0.481 e. The molecule has 5 fully saturated rings. The Morgan fingerprint density at radius 3 is 2.42 bits per heavy atom. The fourth-order valence-electron chi connectivity index (χ4n) is 8.08. The van der Waals surface area contributed by atoms with E-state index in [1.165, 1.54) is 18.2 Å². The molecule has 6 aliphatic rings. The van der Waals surface area contributed by atoms with E-state index in [2.05, 4.69) is 50.6 Å². The van der Waals surface area contributed by atoms with Gasteiger partial charge in [0.1, 0.15) is 12.1 Å². The van der Waals surface area contributed by atoms with Crippen molar-refractivity contribution in [2.45, 2.75) is 103 Å². The Bertz CT molecular complexity index is 1500. The maximum atomic E-state index is 13.4. The molecule has 2 saturated heterocycles. The molecule has 3 aliphatic heterocycles. The van der Waals surface area contributed by atoms with E-state index < -0.39 is 66.2 Å². The van der Waals surface area contributed by atoms with Gasteiger partial charge in [-0.1, -0.05) is 27.7 Å². The smallest absolute Gasteiger partial charge is 0.404 e. The van der Waals surface area contributed by atoms with Crippen LogP contribution in [0.2, 0.25) is 0 Å². The summed E-state index contributed by atoms with van der Waals surface area (Å²) < 4.78 is 13.1. The van der Waals surface area contributed by atoms with Crippen LogP contribution in [-0.4, -0.2) is 77.2 Å². The molecule has 1 aromatic rings. The minimum atomic E-state index is -1.11. The molecule has 45 heavy (non-hydrogen) atoms. The second kappa shape index (κ2) is 11.0. The van der Waals surface area contributed by atoms with E-state index >= 15 is 0 Å². The van der Waals surface area contributed by atoms with Crippen LogP contribution in [0, 0.1) is 23.2 Å². The Kier molecular flexibility index (Phi) is 7.71. The quantitative estimate of drug-likeness (QED) is 0.294. The first-order valence-electron chi connectivity index (χ1n) is 15.9. The van der Waals surface area contributed by atoms with Crippen LogP contribution in [0.25, 0.3) is 0 Å². The summed E-state index contributed by atoms with van der Waals surface area (Å²) in [5.74, 6) is -2.73. The van der Waals surface area contributed by atoms with Gasteiger partial charge in [-0.3, -0.25) is 39.0 Å². The molecule has 0 spiro atoms. The number of rotatable bonds is 8. The molecule has 3 N–H and O–H groups in total. The zero-order valence-electron chi connectivity index (χ0n) is 26.6. The first-order chi connectivity index (χ1) is 21.1. The van der Waals surface area contributed by atoms with Gasteiger partial charge in [-0.15, -0.1) is 0 Å². The van der Waals surface area contributed by atoms with Crippen molar-refractivity contribution >= 4 is 42.6 Å². The van der Waals surface area contributed by atoms with Crippen molar-refractivity contribution < 1.29 is 38.1 Å². The van der Waals surface area contributed by atoms with E-state index in [4.69, 9.17) is 9.31 Å². The van der Waals surface area contributed by atoms with Gasteiger partial charge < -0.3 is 19.9 Å². The number of nitrogens with zero attached hydrogens (tertiary/aromatic N) is 1. The molecule has 1 aromatic carbocycles. The number of amides is 6. The van der Waals surface area contributed by atoms with Gasteiger partial charge in [-0.25, -0.2) is 0 Å². The van der Waals surface area contributed by atoms with Crippen LogP contribution in [0.15, 0.2) is 18.2 Å². The summed E-state index contributed by atoms with van der Waals surface area (Å²) in [7, 11) is -0.600. The zero-order valence-corrected chi connectivity index (χ0v) is 26.6. The van der Waals surface area contributed by atoms with E-state index in [1.54, 1.807) is 6.92 Å². The Labute approximate surface area is 262 Å². The van der Waals surface area contributed by atoms with Gasteiger partial charge in [0, 0.05) is 12.0 Å². The van der Waals surface area contributed by atoms with Gasteiger partial charge in [-0.2, -0.15) is 0 Å². The van der Waals surface area contributed by atoms with E-state index in [1.807, 2.05) is 0 Å². The SMILES string of the molecule is CC(C)C[C@H](NC(=O)[C@H](C)NC(=O)c1ccc2c(c1)C(=O)N(C1CCC(=O)NC1=O)C2=O)B1O[C@@H]2C[C@@H]3C[C@@H](C3(C)C)[C@]2(C)O1. The Balaban J connectivity index is 1.11. The fourth-order valence-corrected chi connectivity index (χ4v) is 8.08. The third-order valence-corrected chi connectivity index (χ3v) is 10.8. The summed E-state index contributed by atoms with van der Waals surface area (Å²) in [4.78, 5) is 77.5. The molecule has 7 rings (SSSR count). The van der Waals surface area contributed by atoms with Crippen molar-refractivity contribution in [3.05, 3.63) is 34.9 Å². The van der Waals surface area contributed by atoms with Gasteiger partial charge in [0.25, 0.3) is 17.7 Å². The summed E-state index contributed by atoms with van der Waals surface area (Å²) in [5, 5.41) is 7.90. The molecule has 0 aromatic heterocycles. The summed E-state index contributed by atoms with van der Waals surface area (Å²) in [6, 6.07) is 2.02. The molecule has 1 unspecified atom stereocenters. The number of benzene rings is 1. The van der Waals surface area contributed by atoms with Crippen molar-refractivity contribution in [2.75, 3.05) is 0 Å². The van der Waals surface area contributed by atoms with Gasteiger partial charge in [0.2, 0.25) is 17.7 Å². The number of imide groups is 2. The second-order valence-electron chi connectivity index (χ2n) is 14.5. The molecule has 0 radical (unpaired) electrons. The molecule has 13 heteroatoms. The van der Waals surface area contributed by atoms with Crippen molar-refractivity contribution in [3.63, 3.8) is 0 Å². The van der Waals surface area contributed by atoms with E-state index in [-0.39, 0.29) is 47.0 Å². The minimum Gasteiger partial charge on any atom is -0.404 e. The van der Waals surface area contributed by atoms with Crippen LogP contribution in [-0.2, 0) is 23.7 Å². The molecule has 3 heterocycles. The topological polar surface area (TPSA) is 160 Å². The molecule has 3 saturated carbocycles. The number of hydrogen-bond acceptors (Lipinski definition) is 8. The standard InChI is InChI=1S/C32H41BN4O8/c1-15(2)11-24(33-44-23-14-18-13-22(31(18,4)5)32(23,6)45-33)35-26(39)16(3)34-27(40)17-7-8-19-20(12-17)30(43)37(29(19)42)21-9-10-25(38)36-28(21)41/h7-8,12,15-16,18,21-24H,9-11,13-14H2,1-6H3,(H,34,40)(H,35,39)(H,36,38,41)/t16-,18-,21?,22-,23+,24-,32-/m0/s1. The number of piperidine rings is 1. The number of carbonyl (C=O) groups is 6. The van der Waals surface area contributed by atoms with Crippen molar-refractivity contribution in [3.8, 4) is 0 Å². The van der Waals surface area contributed by atoms with Crippen molar-refractivity contribution in [1.29, 1.82) is 0 Å². The second-order valence-corrected chi connectivity index (χ2v) is 14.5. The normalized spacial score (nSPS) is 31.2. The third kappa shape index (κ3) is 5.17. The predicted molar refractivity (Wildman–Crippen MR) is 162 cm³/mol. The maximum Gasteiger partial charge on any atom is 0.481 e. The van der Waals surface area contributed by atoms with Crippen molar-refractivity contribution in [2.24, 2.45) is 23.2 Å². The Morgan fingerprint density at radius 2 is 1.76 bits per heavy atom. The summed E-state index contributed by atoms with van der Waals surface area (Å²) >= 11 is 0. The lowest BCUT2D eigenvalue weighted by molar-refractivity contribution is -0.199. The molecular weight excluding hydrogens is 579 g/mol. The molecule has 6 amide bonds. The summed E-state index contributed by atoms with van der Waals surface area (Å²) in [6.07, 6.45) is 2.70. The van der Waals surface area contributed by atoms with Gasteiger partial charge in [-0.05, 0) is 80.9 Å². The fraction of sp³-hybridized carbons (Fsp3) is 0.625. The van der Waals surface area contributed by atoms with Crippen LogP contribution in [0.5, 0.6) is 0 Å². The van der Waals surface area contributed by atoms with Crippen LogP contribution in [0.1, 0.15) is 105 Å². The van der Waals surface area contributed by atoms with Crippen LogP contribution in [0.3, 0.4) is 0 Å². The van der Waals surface area contributed by atoms with E-state index in [0.717, 1.165) is 17.7 Å². The van der Waals surface area contributed by atoms with Crippen molar-refractivity contribution in [1.82, 2.24) is 20.9 Å². The average Bonchev–Trinajstić information content (AvgIpc) is 3.45. The Morgan fingerprint density at radius 1 is 1.04 bits per heavy atom. The van der Waals surface area contributed by atoms with Crippen LogP contribution >= 0.6 is 0 Å². The monoisotopic (exact) mass is 620 g/mol. The number of carbonyl (C=O) groups excluding carboxylic acids is 6. The average molecular weight is 621 g/mol. The molecule has 2 bridgehead atoms. The lowest BCUT2D eigenvalue weighted by atomic mass is 9.43. The summed E-state index contributed by atoms with van der Waals surface area (Å²) in [5.41, 5.74) is -0.0894. The van der Waals surface area contributed by atoms with Gasteiger partial charge in [0.15, 0.2) is 0 Å². The number of hydrogen-bond donors (Lipinski definition) is 3. The molecule has 7 atom stereocenters.